The molecule has 0 aliphatic heterocycles. The molecule has 0 aliphatic carbocycles. The van der Waals surface area contributed by atoms with Gasteiger partial charge in [-0.2, -0.15) is 0 Å². The summed E-state index contributed by atoms with van der Waals surface area (Å²) < 4.78 is 1.00. The predicted octanol–water partition coefficient (Wildman–Crippen LogP) is 4.59. The van der Waals surface area contributed by atoms with Crippen molar-refractivity contribution >= 4 is 27.3 Å². The van der Waals surface area contributed by atoms with Crippen molar-refractivity contribution in [1.29, 1.82) is 0 Å². The van der Waals surface area contributed by atoms with Crippen molar-refractivity contribution < 1.29 is 4.92 Å². The maximum Gasteiger partial charge on any atom is 0.272 e. The molecule has 0 spiro atoms. The molecule has 0 bridgehead atoms. The molecule has 0 fully saturated rings. The molecule has 104 valence electrons. The van der Waals surface area contributed by atoms with Crippen LogP contribution in [0.25, 0.3) is 0 Å². The number of rotatable bonds is 4. The lowest BCUT2D eigenvalue weighted by atomic mass is 10.1. The van der Waals surface area contributed by atoms with Gasteiger partial charge >= 0.3 is 0 Å². The Morgan fingerprint density at radius 1 is 1.25 bits per heavy atom. The van der Waals surface area contributed by atoms with Gasteiger partial charge in [0.05, 0.1) is 4.92 Å². The summed E-state index contributed by atoms with van der Waals surface area (Å²) in [7, 11) is 0. The molecule has 5 heteroatoms. The lowest BCUT2D eigenvalue weighted by Crippen LogP contribution is -2.04. The van der Waals surface area contributed by atoms with Crippen molar-refractivity contribution in [3.63, 3.8) is 0 Å². The third-order valence-corrected chi connectivity index (χ3v) is 3.78. The summed E-state index contributed by atoms with van der Waals surface area (Å²) in [5, 5.41) is 14.3. The SMILES string of the molecule is Cc1ccc(Br)cc1NCc1cccc([N+](=O)[O-])c1C. The van der Waals surface area contributed by atoms with Gasteiger partial charge in [0.15, 0.2) is 0 Å². The van der Waals surface area contributed by atoms with Gasteiger partial charge in [-0.15, -0.1) is 0 Å². The van der Waals surface area contributed by atoms with Crippen LogP contribution >= 0.6 is 15.9 Å². The van der Waals surface area contributed by atoms with E-state index in [1.54, 1.807) is 13.0 Å². The van der Waals surface area contributed by atoms with Gasteiger partial charge < -0.3 is 5.32 Å². The number of halogens is 1. The Morgan fingerprint density at radius 2 is 2.00 bits per heavy atom. The molecule has 0 aromatic heterocycles. The van der Waals surface area contributed by atoms with Crippen molar-refractivity contribution in [2.45, 2.75) is 20.4 Å². The highest BCUT2D eigenvalue weighted by molar-refractivity contribution is 9.10. The van der Waals surface area contributed by atoms with E-state index in [4.69, 9.17) is 0 Å². The number of aryl methyl sites for hydroxylation is 1. The molecule has 0 heterocycles. The highest BCUT2D eigenvalue weighted by atomic mass is 79.9. The minimum Gasteiger partial charge on any atom is -0.381 e. The fraction of sp³-hybridized carbons (Fsp3) is 0.200. The number of benzene rings is 2. The minimum absolute atomic E-state index is 0.162. The molecule has 0 unspecified atom stereocenters. The Hall–Kier alpha value is -1.88. The molecule has 0 aliphatic rings. The predicted molar refractivity (Wildman–Crippen MR) is 84.0 cm³/mol. The van der Waals surface area contributed by atoms with Crippen LogP contribution in [-0.2, 0) is 6.54 Å². The summed E-state index contributed by atoms with van der Waals surface area (Å²) in [5.41, 5.74) is 3.95. The fourth-order valence-corrected chi connectivity index (χ4v) is 2.40. The van der Waals surface area contributed by atoms with E-state index in [9.17, 15) is 10.1 Å². The molecular weight excluding hydrogens is 320 g/mol. The normalized spacial score (nSPS) is 10.3. The van der Waals surface area contributed by atoms with Crippen LogP contribution in [-0.4, -0.2) is 4.92 Å². The summed E-state index contributed by atoms with van der Waals surface area (Å²) in [6.45, 7) is 4.36. The largest absolute Gasteiger partial charge is 0.381 e. The zero-order valence-corrected chi connectivity index (χ0v) is 12.9. The number of anilines is 1. The van der Waals surface area contributed by atoms with Gasteiger partial charge in [0.1, 0.15) is 0 Å². The first-order valence-electron chi connectivity index (χ1n) is 6.22. The Labute approximate surface area is 126 Å². The van der Waals surface area contributed by atoms with Crippen LogP contribution in [0.15, 0.2) is 40.9 Å². The van der Waals surface area contributed by atoms with Crippen LogP contribution in [0.4, 0.5) is 11.4 Å². The number of nitro groups is 1. The monoisotopic (exact) mass is 334 g/mol. The number of nitrogens with zero attached hydrogens (tertiary/aromatic N) is 1. The van der Waals surface area contributed by atoms with E-state index in [1.807, 2.05) is 31.2 Å². The summed E-state index contributed by atoms with van der Waals surface area (Å²) in [6, 6.07) is 11.2. The van der Waals surface area contributed by atoms with Crippen LogP contribution in [0.5, 0.6) is 0 Å². The average Bonchev–Trinajstić information content (AvgIpc) is 2.41. The zero-order chi connectivity index (χ0) is 14.7. The van der Waals surface area contributed by atoms with Gasteiger partial charge in [-0.3, -0.25) is 10.1 Å². The van der Waals surface area contributed by atoms with Crippen LogP contribution in [0.3, 0.4) is 0 Å². The van der Waals surface area contributed by atoms with E-state index >= 15 is 0 Å². The van der Waals surface area contributed by atoms with Crippen LogP contribution in [0.1, 0.15) is 16.7 Å². The molecule has 4 nitrogen and oxygen atoms in total. The average molecular weight is 335 g/mol. The first-order valence-corrected chi connectivity index (χ1v) is 7.01. The number of nitro benzene ring substituents is 1. The summed E-state index contributed by atoms with van der Waals surface area (Å²) in [6.07, 6.45) is 0. The number of hydrogen-bond donors (Lipinski definition) is 1. The zero-order valence-electron chi connectivity index (χ0n) is 11.3. The molecule has 1 N–H and O–H groups in total. The topological polar surface area (TPSA) is 55.2 Å². The van der Waals surface area contributed by atoms with Gasteiger partial charge in [-0.05, 0) is 37.1 Å². The van der Waals surface area contributed by atoms with Crippen molar-refractivity contribution in [3.05, 3.63) is 67.7 Å². The molecule has 20 heavy (non-hydrogen) atoms. The quantitative estimate of drug-likeness (QED) is 0.657. The first-order chi connectivity index (χ1) is 9.49. The van der Waals surface area contributed by atoms with Gasteiger partial charge in [0.25, 0.3) is 5.69 Å². The summed E-state index contributed by atoms with van der Waals surface area (Å²) in [4.78, 5) is 10.6. The van der Waals surface area contributed by atoms with E-state index in [1.165, 1.54) is 6.07 Å². The molecular formula is C15H15BrN2O2. The van der Waals surface area contributed by atoms with Crippen molar-refractivity contribution in [1.82, 2.24) is 0 Å². The van der Waals surface area contributed by atoms with Gasteiger partial charge in [0, 0.05) is 28.3 Å². The summed E-state index contributed by atoms with van der Waals surface area (Å²) in [5.74, 6) is 0. The van der Waals surface area contributed by atoms with Gasteiger partial charge in [-0.25, -0.2) is 0 Å². The molecule has 0 saturated carbocycles. The second-order valence-corrected chi connectivity index (χ2v) is 5.55. The molecule has 2 rings (SSSR count). The highest BCUT2D eigenvalue weighted by Gasteiger charge is 2.12. The minimum atomic E-state index is -0.344. The van der Waals surface area contributed by atoms with Gasteiger partial charge in [-0.1, -0.05) is 34.1 Å². The third-order valence-electron chi connectivity index (χ3n) is 3.28. The molecule has 2 aromatic carbocycles. The number of hydrogen-bond acceptors (Lipinski definition) is 3. The maximum absolute atomic E-state index is 10.9. The van der Waals surface area contributed by atoms with E-state index in [2.05, 4.69) is 21.2 Å². The van der Waals surface area contributed by atoms with Crippen molar-refractivity contribution in [3.8, 4) is 0 Å². The van der Waals surface area contributed by atoms with E-state index in [-0.39, 0.29) is 10.6 Å². The molecule has 0 saturated heterocycles. The first kappa shape index (κ1) is 14.5. The third kappa shape index (κ3) is 3.17. The Kier molecular flexibility index (Phi) is 4.39. The molecule has 0 atom stereocenters. The van der Waals surface area contributed by atoms with E-state index < -0.39 is 0 Å². The van der Waals surface area contributed by atoms with E-state index in [0.29, 0.717) is 12.1 Å². The van der Waals surface area contributed by atoms with Crippen LogP contribution < -0.4 is 5.32 Å². The Morgan fingerprint density at radius 3 is 2.70 bits per heavy atom. The van der Waals surface area contributed by atoms with E-state index in [0.717, 1.165) is 21.3 Å². The highest BCUT2D eigenvalue weighted by Crippen LogP contribution is 2.24. The smallest absolute Gasteiger partial charge is 0.272 e. The van der Waals surface area contributed by atoms with Crippen molar-refractivity contribution in [2.75, 3.05) is 5.32 Å². The lowest BCUT2D eigenvalue weighted by Gasteiger charge is -2.12. The van der Waals surface area contributed by atoms with Crippen LogP contribution in [0, 0.1) is 24.0 Å². The standard InChI is InChI=1S/C15H15BrN2O2/c1-10-6-7-13(16)8-14(10)17-9-12-4-3-5-15(11(12)2)18(19)20/h3-8,17H,9H2,1-2H3. The lowest BCUT2D eigenvalue weighted by molar-refractivity contribution is -0.385. The second kappa shape index (κ2) is 6.05. The summed E-state index contributed by atoms with van der Waals surface area (Å²) >= 11 is 3.44. The molecule has 0 amide bonds. The van der Waals surface area contributed by atoms with Crippen molar-refractivity contribution in [2.24, 2.45) is 0 Å². The molecule has 0 radical (unpaired) electrons. The maximum atomic E-state index is 10.9. The Balaban J connectivity index is 2.21. The van der Waals surface area contributed by atoms with Gasteiger partial charge in [0.2, 0.25) is 0 Å². The fourth-order valence-electron chi connectivity index (χ4n) is 2.03. The number of nitrogens with one attached hydrogen (secondary N) is 1. The molecule has 2 aromatic rings. The Bertz CT molecular complexity index is 656. The second-order valence-electron chi connectivity index (χ2n) is 4.63. The van der Waals surface area contributed by atoms with Crippen LogP contribution in [0.2, 0.25) is 0 Å².